The maximum absolute atomic E-state index is 11.4. The fraction of sp³-hybridized carbons (Fsp3) is 0.444. The number of carboxylic acid groups (broad SMARTS) is 1. The summed E-state index contributed by atoms with van der Waals surface area (Å²) in [5.41, 5.74) is -1.81. The normalized spacial score (nSPS) is 14.2. The Kier molecular flexibility index (Phi) is 3.28. The number of aryl methyl sites for hydroxylation is 1. The van der Waals surface area contributed by atoms with Crippen molar-refractivity contribution in [3.8, 4) is 0 Å². The molecule has 1 rings (SSSR count). The Morgan fingerprint density at radius 1 is 1.62 bits per heavy atom. The summed E-state index contributed by atoms with van der Waals surface area (Å²) in [5.74, 6) is -1.92. The van der Waals surface area contributed by atoms with Crippen molar-refractivity contribution in [3.05, 3.63) is 18.2 Å². The highest BCUT2D eigenvalue weighted by atomic mass is 16.4. The highest BCUT2D eigenvalue weighted by Crippen LogP contribution is 2.02. The van der Waals surface area contributed by atoms with Gasteiger partial charge >= 0.3 is 5.97 Å². The lowest BCUT2D eigenvalue weighted by Crippen LogP contribution is -2.46. The first-order chi connectivity index (χ1) is 7.33. The third kappa shape index (κ3) is 2.80. The minimum atomic E-state index is -1.98. The maximum Gasteiger partial charge on any atom is 0.337 e. The summed E-state index contributed by atoms with van der Waals surface area (Å²) in [4.78, 5) is 25.8. The number of hydrogen-bond acceptors (Lipinski definition) is 4. The molecule has 1 atom stereocenters. The molecular formula is C9H13N3O4. The molecular weight excluding hydrogens is 214 g/mol. The molecule has 0 spiro atoms. The molecule has 0 bridgehead atoms. The summed E-state index contributed by atoms with van der Waals surface area (Å²) in [6.07, 6.45) is 2.94. The van der Waals surface area contributed by atoms with Gasteiger partial charge in [-0.05, 0) is 6.92 Å². The molecule has 0 radical (unpaired) electrons. The number of hydrogen-bond donors (Lipinski definition) is 3. The predicted molar refractivity (Wildman–Crippen MR) is 53.8 cm³/mol. The summed E-state index contributed by atoms with van der Waals surface area (Å²) in [6.45, 7) is 0.728. The molecule has 0 aliphatic rings. The van der Waals surface area contributed by atoms with Gasteiger partial charge in [0.1, 0.15) is 5.69 Å². The van der Waals surface area contributed by atoms with Gasteiger partial charge in [-0.1, -0.05) is 0 Å². The van der Waals surface area contributed by atoms with E-state index in [4.69, 9.17) is 5.11 Å². The largest absolute Gasteiger partial charge is 0.479 e. The Hall–Kier alpha value is -1.89. The van der Waals surface area contributed by atoms with E-state index in [0.717, 1.165) is 6.92 Å². The molecule has 0 aliphatic carbocycles. The Balaban J connectivity index is 2.57. The molecule has 0 saturated carbocycles. The molecule has 3 N–H and O–H groups in total. The number of carbonyl (C=O) groups excluding carboxylic acids is 1. The van der Waals surface area contributed by atoms with Gasteiger partial charge in [-0.25, -0.2) is 9.78 Å². The van der Waals surface area contributed by atoms with Crippen LogP contribution in [-0.4, -0.2) is 43.8 Å². The Morgan fingerprint density at radius 2 is 2.25 bits per heavy atom. The number of amides is 1. The van der Waals surface area contributed by atoms with Gasteiger partial charge in [-0.15, -0.1) is 0 Å². The molecule has 1 aromatic heterocycles. The van der Waals surface area contributed by atoms with Crippen molar-refractivity contribution >= 4 is 11.9 Å². The molecule has 7 nitrogen and oxygen atoms in total. The minimum absolute atomic E-state index is 0.170. The Morgan fingerprint density at radius 3 is 2.69 bits per heavy atom. The zero-order valence-corrected chi connectivity index (χ0v) is 8.97. The molecule has 1 unspecified atom stereocenters. The van der Waals surface area contributed by atoms with Crippen LogP contribution in [0.1, 0.15) is 17.4 Å². The number of aromatic nitrogens is 2. The van der Waals surface area contributed by atoms with Crippen LogP contribution in [0.25, 0.3) is 0 Å². The summed E-state index contributed by atoms with van der Waals surface area (Å²) in [7, 11) is 1.71. The van der Waals surface area contributed by atoms with Gasteiger partial charge < -0.3 is 20.1 Å². The number of carbonyl (C=O) groups is 2. The lowest BCUT2D eigenvalue weighted by molar-refractivity contribution is -0.155. The Bertz CT molecular complexity index is 411. The van der Waals surface area contributed by atoms with Crippen LogP contribution in [0.3, 0.4) is 0 Å². The van der Waals surface area contributed by atoms with E-state index in [2.05, 4.69) is 10.3 Å². The van der Waals surface area contributed by atoms with E-state index in [1.165, 1.54) is 12.5 Å². The number of imidazole rings is 1. The second-order valence-corrected chi connectivity index (χ2v) is 3.69. The number of rotatable bonds is 4. The minimum Gasteiger partial charge on any atom is -0.479 e. The van der Waals surface area contributed by atoms with Crippen LogP contribution in [0.15, 0.2) is 12.5 Å². The summed E-state index contributed by atoms with van der Waals surface area (Å²) < 4.78 is 1.59. The van der Waals surface area contributed by atoms with Crippen molar-refractivity contribution in [1.82, 2.24) is 14.9 Å². The van der Waals surface area contributed by atoms with Crippen LogP contribution in [0.5, 0.6) is 0 Å². The van der Waals surface area contributed by atoms with E-state index in [0.29, 0.717) is 0 Å². The summed E-state index contributed by atoms with van der Waals surface area (Å²) >= 11 is 0. The molecule has 0 aliphatic heterocycles. The predicted octanol–water partition coefficient (Wildman–Crippen LogP) is -1.01. The third-order valence-corrected chi connectivity index (χ3v) is 1.99. The lowest BCUT2D eigenvalue weighted by Gasteiger charge is -2.17. The van der Waals surface area contributed by atoms with E-state index >= 15 is 0 Å². The summed E-state index contributed by atoms with van der Waals surface area (Å²) in [5, 5.41) is 20.2. The maximum atomic E-state index is 11.4. The van der Waals surface area contributed by atoms with Gasteiger partial charge in [0, 0.05) is 13.2 Å². The van der Waals surface area contributed by atoms with E-state index < -0.39 is 17.5 Å². The van der Waals surface area contributed by atoms with Gasteiger partial charge in [0.2, 0.25) is 0 Å². The average Bonchev–Trinajstić information content (AvgIpc) is 2.61. The van der Waals surface area contributed by atoms with Gasteiger partial charge in [-0.2, -0.15) is 0 Å². The van der Waals surface area contributed by atoms with Crippen LogP contribution in [0, 0.1) is 0 Å². The fourth-order valence-electron chi connectivity index (χ4n) is 0.949. The number of aliphatic hydroxyl groups is 1. The number of carboxylic acids is 1. The quantitative estimate of drug-likeness (QED) is 0.611. The first kappa shape index (κ1) is 12.2. The SMILES string of the molecule is Cn1cnc(C(=O)NCC(C)(O)C(=O)O)c1. The van der Waals surface area contributed by atoms with Crippen molar-refractivity contribution in [3.63, 3.8) is 0 Å². The van der Waals surface area contributed by atoms with Crippen molar-refractivity contribution in [2.24, 2.45) is 7.05 Å². The van der Waals surface area contributed by atoms with E-state index in [-0.39, 0.29) is 12.2 Å². The number of nitrogens with one attached hydrogen (secondary N) is 1. The summed E-state index contributed by atoms with van der Waals surface area (Å²) in [6, 6.07) is 0. The first-order valence-corrected chi connectivity index (χ1v) is 4.55. The topological polar surface area (TPSA) is 104 Å². The smallest absolute Gasteiger partial charge is 0.337 e. The highest BCUT2D eigenvalue weighted by Gasteiger charge is 2.30. The molecule has 1 amide bonds. The van der Waals surface area contributed by atoms with Crippen LogP contribution in [0.2, 0.25) is 0 Å². The van der Waals surface area contributed by atoms with Crippen LogP contribution < -0.4 is 5.32 Å². The van der Waals surface area contributed by atoms with Crippen LogP contribution in [-0.2, 0) is 11.8 Å². The Labute approximate surface area is 91.7 Å². The fourth-order valence-corrected chi connectivity index (χ4v) is 0.949. The molecule has 88 valence electrons. The van der Waals surface area contributed by atoms with Gasteiger partial charge in [0.25, 0.3) is 5.91 Å². The lowest BCUT2D eigenvalue weighted by atomic mass is 10.1. The molecule has 7 heteroatoms. The zero-order valence-electron chi connectivity index (χ0n) is 8.97. The second kappa shape index (κ2) is 4.31. The zero-order chi connectivity index (χ0) is 12.3. The standard InChI is InChI=1S/C9H13N3O4/c1-9(16,8(14)15)4-10-7(13)6-3-12(2)5-11-6/h3,5,16H,4H2,1-2H3,(H,10,13)(H,14,15). The number of nitrogens with zero attached hydrogens (tertiary/aromatic N) is 2. The molecule has 1 aromatic rings. The van der Waals surface area contributed by atoms with E-state index in [1.54, 1.807) is 11.6 Å². The number of aliphatic carboxylic acids is 1. The molecule has 0 fully saturated rings. The van der Waals surface area contributed by atoms with Crippen molar-refractivity contribution in [2.45, 2.75) is 12.5 Å². The van der Waals surface area contributed by atoms with Crippen molar-refractivity contribution in [1.29, 1.82) is 0 Å². The van der Waals surface area contributed by atoms with Crippen LogP contribution in [0.4, 0.5) is 0 Å². The average molecular weight is 227 g/mol. The molecule has 0 saturated heterocycles. The monoisotopic (exact) mass is 227 g/mol. The van der Waals surface area contributed by atoms with Gasteiger partial charge in [0.15, 0.2) is 5.60 Å². The third-order valence-electron chi connectivity index (χ3n) is 1.99. The molecule has 0 aromatic carbocycles. The van der Waals surface area contributed by atoms with Crippen LogP contribution >= 0.6 is 0 Å². The van der Waals surface area contributed by atoms with E-state index in [9.17, 15) is 14.7 Å². The van der Waals surface area contributed by atoms with Gasteiger partial charge in [0.05, 0.1) is 12.9 Å². The van der Waals surface area contributed by atoms with Crippen molar-refractivity contribution < 1.29 is 19.8 Å². The first-order valence-electron chi connectivity index (χ1n) is 4.55. The van der Waals surface area contributed by atoms with E-state index in [1.807, 2.05) is 0 Å². The highest BCUT2D eigenvalue weighted by molar-refractivity contribution is 5.92. The van der Waals surface area contributed by atoms with Crippen molar-refractivity contribution in [2.75, 3.05) is 6.54 Å². The second-order valence-electron chi connectivity index (χ2n) is 3.69. The molecule has 1 heterocycles. The molecule has 16 heavy (non-hydrogen) atoms. The van der Waals surface area contributed by atoms with Gasteiger partial charge in [-0.3, -0.25) is 4.79 Å².